The third kappa shape index (κ3) is 5.65. The van der Waals surface area contributed by atoms with Gasteiger partial charge in [0.05, 0.1) is 19.3 Å². The van der Waals surface area contributed by atoms with Crippen LogP contribution < -0.4 is 20.3 Å². The molecule has 1 unspecified atom stereocenters. The Labute approximate surface area is 177 Å². The fourth-order valence-electron chi connectivity index (χ4n) is 2.77. The maximum Gasteiger partial charge on any atom is 0.266 e. The first-order chi connectivity index (χ1) is 14.9. The van der Waals surface area contributed by atoms with Crippen LogP contribution in [0.15, 0.2) is 59.4 Å². The number of carbonyl (C=O) groups is 1. The minimum Gasteiger partial charge on any atom is -0.497 e. The van der Waals surface area contributed by atoms with E-state index in [9.17, 15) is 18.4 Å². The molecule has 7 nitrogen and oxygen atoms in total. The monoisotopic (exact) mass is 429 g/mol. The molecule has 0 bridgehead atoms. The quantitative estimate of drug-likeness (QED) is 0.596. The molecule has 9 heteroatoms. The minimum absolute atomic E-state index is 0.109. The van der Waals surface area contributed by atoms with E-state index in [4.69, 9.17) is 9.47 Å². The van der Waals surface area contributed by atoms with E-state index in [1.54, 1.807) is 25.3 Å². The van der Waals surface area contributed by atoms with Crippen molar-refractivity contribution in [1.82, 2.24) is 15.1 Å². The van der Waals surface area contributed by atoms with E-state index >= 15 is 0 Å². The smallest absolute Gasteiger partial charge is 0.266 e. The van der Waals surface area contributed by atoms with Gasteiger partial charge in [0.15, 0.2) is 17.7 Å². The van der Waals surface area contributed by atoms with Gasteiger partial charge in [-0.25, -0.2) is 13.5 Å². The molecule has 0 spiro atoms. The van der Waals surface area contributed by atoms with Gasteiger partial charge in [-0.05, 0) is 49.4 Å². The Hall–Kier alpha value is -3.75. The van der Waals surface area contributed by atoms with Crippen molar-refractivity contribution in [3.63, 3.8) is 0 Å². The lowest BCUT2D eigenvalue weighted by Crippen LogP contribution is -2.39. The largest absolute Gasteiger partial charge is 0.497 e. The van der Waals surface area contributed by atoms with E-state index < -0.39 is 23.6 Å². The van der Waals surface area contributed by atoms with Gasteiger partial charge >= 0.3 is 0 Å². The zero-order valence-corrected chi connectivity index (χ0v) is 17.0. The fraction of sp³-hybridized carbons (Fsp3) is 0.227. The molecule has 31 heavy (non-hydrogen) atoms. The minimum atomic E-state index is -1.02. The molecule has 0 aliphatic rings. The second-order valence-electron chi connectivity index (χ2n) is 6.63. The number of nitrogens with zero attached hydrogens (tertiary/aromatic N) is 2. The van der Waals surface area contributed by atoms with Crippen LogP contribution in [0.2, 0.25) is 0 Å². The maximum atomic E-state index is 13.7. The third-order valence-electron chi connectivity index (χ3n) is 4.44. The Kier molecular flexibility index (Phi) is 6.96. The van der Waals surface area contributed by atoms with Gasteiger partial charge < -0.3 is 14.8 Å². The number of hydrogen-bond acceptors (Lipinski definition) is 5. The zero-order chi connectivity index (χ0) is 22.4. The van der Waals surface area contributed by atoms with E-state index in [1.807, 2.05) is 12.1 Å². The first kappa shape index (κ1) is 21.9. The van der Waals surface area contributed by atoms with Crippen molar-refractivity contribution in [2.45, 2.75) is 19.6 Å². The summed E-state index contributed by atoms with van der Waals surface area (Å²) in [7, 11) is 1.57. The highest BCUT2D eigenvalue weighted by Crippen LogP contribution is 2.20. The van der Waals surface area contributed by atoms with Crippen LogP contribution in [-0.4, -0.2) is 35.4 Å². The highest BCUT2D eigenvalue weighted by atomic mass is 19.1. The Morgan fingerprint density at radius 3 is 2.55 bits per heavy atom. The van der Waals surface area contributed by atoms with Gasteiger partial charge in [0.1, 0.15) is 11.6 Å². The summed E-state index contributed by atoms with van der Waals surface area (Å²) in [5, 5.41) is 6.93. The predicted octanol–water partition coefficient (Wildman–Crippen LogP) is 2.78. The summed E-state index contributed by atoms with van der Waals surface area (Å²) < 4.78 is 38.2. The van der Waals surface area contributed by atoms with Crippen molar-refractivity contribution in [2.75, 3.05) is 13.7 Å². The van der Waals surface area contributed by atoms with E-state index in [-0.39, 0.29) is 24.4 Å². The lowest BCUT2D eigenvalue weighted by molar-refractivity contribution is -0.127. The normalized spacial score (nSPS) is 11.6. The molecule has 0 radical (unpaired) electrons. The number of rotatable bonds is 8. The Bertz CT molecular complexity index is 1120. The summed E-state index contributed by atoms with van der Waals surface area (Å²) >= 11 is 0. The van der Waals surface area contributed by atoms with Crippen molar-refractivity contribution >= 4 is 5.91 Å². The number of methoxy groups -OCH3 is 1. The highest BCUT2D eigenvalue weighted by molar-refractivity contribution is 5.80. The Balaban J connectivity index is 1.59. The summed E-state index contributed by atoms with van der Waals surface area (Å²) in [6.45, 7) is 1.68. The van der Waals surface area contributed by atoms with Gasteiger partial charge in [0.2, 0.25) is 0 Å². The van der Waals surface area contributed by atoms with Crippen LogP contribution in [-0.2, 0) is 11.3 Å². The number of amides is 1. The second kappa shape index (κ2) is 9.84. The van der Waals surface area contributed by atoms with Gasteiger partial charge in [-0.1, -0.05) is 0 Å². The van der Waals surface area contributed by atoms with Crippen molar-refractivity contribution in [3.05, 3.63) is 76.6 Å². The number of hydrogen-bond donors (Lipinski definition) is 1. The van der Waals surface area contributed by atoms with Gasteiger partial charge in [0, 0.05) is 24.2 Å². The number of ether oxygens (including phenoxy) is 2. The summed E-state index contributed by atoms with van der Waals surface area (Å²) in [6.07, 6.45) is -1.02. The van der Waals surface area contributed by atoms with Gasteiger partial charge in [-0.2, -0.15) is 5.10 Å². The molecule has 1 atom stereocenters. The number of carbonyl (C=O) groups excluding carboxylic acids is 1. The molecule has 0 aliphatic heterocycles. The van der Waals surface area contributed by atoms with Crippen LogP contribution in [0.1, 0.15) is 6.92 Å². The molecule has 1 N–H and O–H groups in total. The molecule has 3 rings (SSSR count). The van der Waals surface area contributed by atoms with Crippen molar-refractivity contribution in [3.8, 4) is 22.8 Å². The number of aromatic nitrogens is 2. The summed E-state index contributed by atoms with van der Waals surface area (Å²) in [6, 6.07) is 13.1. The lowest BCUT2D eigenvalue weighted by atomic mass is 10.1. The van der Waals surface area contributed by atoms with Crippen LogP contribution in [0.5, 0.6) is 11.5 Å². The van der Waals surface area contributed by atoms with Crippen molar-refractivity contribution in [1.29, 1.82) is 0 Å². The van der Waals surface area contributed by atoms with Crippen LogP contribution in [0.4, 0.5) is 8.78 Å². The molecule has 2 aromatic carbocycles. The number of nitrogens with one attached hydrogen (secondary N) is 1. The van der Waals surface area contributed by atoms with Crippen LogP contribution in [0.3, 0.4) is 0 Å². The molecule has 1 heterocycles. The Morgan fingerprint density at radius 2 is 1.87 bits per heavy atom. The number of halogens is 2. The summed E-state index contributed by atoms with van der Waals surface area (Å²) in [4.78, 5) is 24.3. The van der Waals surface area contributed by atoms with Crippen LogP contribution in [0, 0.1) is 11.6 Å². The predicted molar refractivity (Wildman–Crippen MR) is 110 cm³/mol. The average Bonchev–Trinajstić information content (AvgIpc) is 2.77. The molecule has 1 aromatic heterocycles. The molecule has 0 aliphatic carbocycles. The van der Waals surface area contributed by atoms with E-state index in [0.29, 0.717) is 17.5 Å². The van der Waals surface area contributed by atoms with E-state index in [1.165, 1.54) is 17.7 Å². The molecule has 162 valence electrons. The molecule has 0 saturated heterocycles. The molecule has 3 aromatic rings. The van der Waals surface area contributed by atoms with E-state index in [2.05, 4.69) is 10.4 Å². The van der Waals surface area contributed by atoms with Crippen LogP contribution in [0.25, 0.3) is 11.3 Å². The maximum absolute atomic E-state index is 13.7. The SMILES string of the molecule is COc1ccc(-c2ccc(=O)n(CCNC(=O)C(C)Oc3ccc(F)cc3F)n2)cc1. The van der Waals surface area contributed by atoms with Crippen molar-refractivity contribution < 1.29 is 23.0 Å². The topological polar surface area (TPSA) is 82.5 Å². The molecule has 0 fully saturated rings. The fourth-order valence-corrected chi connectivity index (χ4v) is 2.77. The van der Waals surface area contributed by atoms with Gasteiger partial charge in [-0.15, -0.1) is 0 Å². The second-order valence-corrected chi connectivity index (χ2v) is 6.63. The lowest BCUT2D eigenvalue weighted by Gasteiger charge is -2.15. The Morgan fingerprint density at radius 1 is 1.13 bits per heavy atom. The number of benzene rings is 2. The van der Waals surface area contributed by atoms with Gasteiger partial charge in [-0.3, -0.25) is 9.59 Å². The van der Waals surface area contributed by atoms with Crippen molar-refractivity contribution in [2.24, 2.45) is 0 Å². The van der Waals surface area contributed by atoms with E-state index in [0.717, 1.165) is 17.7 Å². The summed E-state index contributed by atoms with van der Waals surface area (Å²) in [5.74, 6) is -1.67. The summed E-state index contributed by atoms with van der Waals surface area (Å²) in [5.41, 5.74) is 1.09. The first-order valence-corrected chi connectivity index (χ1v) is 9.49. The molecule has 1 amide bonds. The first-order valence-electron chi connectivity index (χ1n) is 9.49. The molecular formula is C22H21F2N3O4. The average molecular weight is 429 g/mol. The molecule has 0 saturated carbocycles. The molecular weight excluding hydrogens is 408 g/mol. The third-order valence-corrected chi connectivity index (χ3v) is 4.44. The standard InChI is InChI=1S/C22H21F2N3O4/c1-14(31-20-9-5-16(23)13-18(20)24)22(29)25-11-12-27-21(28)10-8-19(26-27)15-3-6-17(30-2)7-4-15/h3-10,13-14H,11-12H2,1-2H3,(H,25,29). The van der Waals surface area contributed by atoms with Crippen LogP contribution >= 0.6 is 0 Å². The zero-order valence-electron chi connectivity index (χ0n) is 17.0. The highest BCUT2D eigenvalue weighted by Gasteiger charge is 2.16. The van der Waals surface area contributed by atoms with Gasteiger partial charge in [0.25, 0.3) is 11.5 Å².